The molecule has 2 rings (SSSR count). The van der Waals surface area contributed by atoms with Crippen LogP contribution < -0.4 is 4.74 Å². The van der Waals surface area contributed by atoms with E-state index < -0.39 is 0 Å². The minimum absolute atomic E-state index is 0.0708. The van der Waals surface area contributed by atoms with Crippen LogP contribution in [0.25, 0.3) is 0 Å². The second-order valence-electron chi connectivity index (χ2n) is 4.43. The summed E-state index contributed by atoms with van der Waals surface area (Å²) in [6.45, 7) is 7.53. The maximum absolute atomic E-state index is 5.95. The first-order valence-electron chi connectivity index (χ1n) is 6.80. The number of hydrogen-bond donors (Lipinski definition) is 0. The molecule has 100 valence electrons. The van der Waals surface area contributed by atoms with Crippen LogP contribution in [-0.2, 0) is 9.47 Å². The van der Waals surface area contributed by atoms with Gasteiger partial charge in [0.2, 0.25) is 6.29 Å². The van der Waals surface area contributed by atoms with Gasteiger partial charge in [0, 0.05) is 18.8 Å². The van der Waals surface area contributed by atoms with Crippen molar-refractivity contribution >= 4 is 0 Å². The Kier molecular flexibility index (Phi) is 4.61. The van der Waals surface area contributed by atoms with E-state index in [1.807, 2.05) is 32.0 Å². The monoisotopic (exact) mass is 250 g/mol. The number of hydrogen-bond acceptors (Lipinski definition) is 3. The van der Waals surface area contributed by atoms with Crippen molar-refractivity contribution in [1.82, 2.24) is 0 Å². The highest BCUT2D eigenvalue weighted by molar-refractivity contribution is 5.37. The zero-order chi connectivity index (χ0) is 13.0. The van der Waals surface area contributed by atoms with Gasteiger partial charge in [-0.2, -0.15) is 0 Å². The first kappa shape index (κ1) is 13.4. The molecule has 1 aliphatic rings. The Labute approximate surface area is 109 Å². The van der Waals surface area contributed by atoms with Gasteiger partial charge in [-0.1, -0.05) is 25.1 Å². The van der Waals surface area contributed by atoms with Crippen LogP contribution in [0.15, 0.2) is 24.3 Å². The molecule has 1 aromatic carbocycles. The molecule has 0 N–H and O–H groups in total. The number of benzene rings is 1. The van der Waals surface area contributed by atoms with E-state index in [1.165, 1.54) is 0 Å². The van der Waals surface area contributed by atoms with Gasteiger partial charge in [0.25, 0.3) is 0 Å². The molecule has 1 aromatic rings. The van der Waals surface area contributed by atoms with Crippen LogP contribution in [0.4, 0.5) is 0 Å². The van der Waals surface area contributed by atoms with Gasteiger partial charge in [-0.25, -0.2) is 0 Å². The summed E-state index contributed by atoms with van der Waals surface area (Å²) in [5, 5.41) is 0. The third-order valence-corrected chi connectivity index (χ3v) is 3.36. The number of para-hydroxylation sites is 1. The van der Waals surface area contributed by atoms with Crippen molar-refractivity contribution in [2.45, 2.75) is 39.6 Å². The molecule has 0 fully saturated rings. The fourth-order valence-corrected chi connectivity index (χ4v) is 2.53. The van der Waals surface area contributed by atoms with Gasteiger partial charge in [-0.15, -0.1) is 0 Å². The van der Waals surface area contributed by atoms with Crippen molar-refractivity contribution in [2.75, 3.05) is 13.2 Å². The fraction of sp³-hybridized carbons (Fsp3) is 0.600. The molecule has 0 saturated heterocycles. The molecule has 18 heavy (non-hydrogen) atoms. The summed E-state index contributed by atoms with van der Waals surface area (Å²) >= 11 is 0. The minimum atomic E-state index is -0.202. The summed E-state index contributed by atoms with van der Waals surface area (Å²) in [7, 11) is 0. The van der Waals surface area contributed by atoms with Gasteiger partial charge in [-0.3, -0.25) is 0 Å². The molecule has 0 radical (unpaired) electrons. The highest BCUT2D eigenvalue weighted by atomic mass is 16.7. The van der Waals surface area contributed by atoms with E-state index in [-0.39, 0.29) is 18.3 Å². The lowest BCUT2D eigenvalue weighted by Gasteiger charge is -2.38. The van der Waals surface area contributed by atoms with Crippen molar-refractivity contribution in [3.63, 3.8) is 0 Å². The summed E-state index contributed by atoms with van der Waals surface area (Å²) in [5.74, 6) is 1.14. The van der Waals surface area contributed by atoms with E-state index in [4.69, 9.17) is 14.2 Å². The molecule has 1 aliphatic heterocycles. The van der Waals surface area contributed by atoms with Crippen LogP contribution in [0.1, 0.15) is 38.9 Å². The predicted molar refractivity (Wildman–Crippen MR) is 70.6 cm³/mol. The SMILES string of the molecule is CCO[C@H]1Oc2ccccc2[C@@H](OCC)[C@H]1CC. The number of ether oxygens (including phenoxy) is 3. The maximum Gasteiger partial charge on any atom is 0.205 e. The fourth-order valence-electron chi connectivity index (χ4n) is 2.53. The predicted octanol–water partition coefficient (Wildman–Crippen LogP) is 3.55. The van der Waals surface area contributed by atoms with Gasteiger partial charge in [-0.05, 0) is 26.3 Å². The van der Waals surface area contributed by atoms with Crippen molar-refractivity contribution in [3.8, 4) is 5.75 Å². The smallest absolute Gasteiger partial charge is 0.205 e. The average molecular weight is 250 g/mol. The summed E-state index contributed by atoms with van der Waals surface area (Å²) in [6, 6.07) is 8.08. The quantitative estimate of drug-likeness (QED) is 0.800. The highest BCUT2D eigenvalue weighted by Crippen LogP contribution is 2.42. The molecule has 0 unspecified atom stereocenters. The van der Waals surface area contributed by atoms with Crippen molar-refractivity contribution in [2.24, 2.45) is 5.92 Å². The molecule has 3 heteroatoms. The Morgan fingerprint density at radius 2 is 1.78 bits per heavy atom. The maximum atomic E-state index is 5.95. The molecule has 1 heterocycles. The van der Waals surface area contributed by atoms with Gasteiger partial charge in [0.1, 0.15) is 5.75 Å². The summed E-state index contributed by atoms with van der Waals surface area (Å²) in [4.78, 5) is 0. The molecular weight excluding hydrogens is 228 g/mol. The van der Waals surface area contributed by atoms with E-state index >= 15 is 0 Å². The second-order valence-corrected chi connectivity index (χ2v) is 4.43. The van der Waals surface area contributed by atoms with Gasteiger partial charge < -0.3 is 14.2 Å². The number of rotatable bonds is 5. The van der Waals surface area contributed by atoms with E-state index in [0.717, 1.165) is 17.7 Å². The van der Waals surface area contributed by atoms with Crippen LogP contribution in [0.3, 0.4) is 0 Å². The van der Waals surface area contributed by atoms with Gasteiger partial charge in [0.05, 0.1) is 12.0 Å². The molecule has 0 saturated carbocycles. The molecule has 0 amide bonds. The Bertz CT molecular complexity index is 378. The Morgan fingerprint density at radius 3 is 2.44 bits per heavy atom. The highest BCUT2D eigenvalue weighted by Gasteiger charge is 2.38. The lowest BCUT2D eigenvalue weighted by atomic mass is 9.89. The van der Waals surface area contributed by atoms with Crippen LogP contribution in [0.5, 0.6) is 5.75 Å². The van der Waals surface area contributed by atoms with Crippen molar-refractivity contribution in [3.05, 3.63) is 29.8 Å². The minimum Gasteiger partial charge on any atom is -0.464 e. The third-order valence-electron chi connectivity index (χ3n) is 3.36. The molecule has 0 bridgehead atoms. The molecular formula is C15H22O3. The summed E-state index contributed by atoms with van der Waals surface area (Å²) < 4.78 is 17.6. The Morgan fingerprint density at radius 1 is 1.06 bits per heavy atom. The standard InChI is InChI=1S/C15H22O3/c1-4-11-14(16-5-2)12-9-7-8-10-13(12)18-15(11)17-6-3/h7-11,14-15H,4-6H2,1-3H3/t11-,14+,15+/m1/s1. The van der Waals surface area contributed by atoms with Crippen molar-refractivity contribution < 1.29 is 14.2 Å². The van der Waals surface area contributed by atoms with Crippen molar-refractivity contribution in [1.29, 1.82) is 0 Å². The molecule has 3 nitrogen and oxygen atoms in total. The van der Waals surface area contributed by atoms with Crippen LogP contribution >= 0.6 is 0 Å². The van der Waals surface area contributed by atoms with Gasteiger partial charge >= 0.3 is 0 Å². The molecule has 0 aromatic heterocycles. The lowest BCUT2D eigenvalue weighted by molar-refractivity contribution is -0.165. The van der Waals surface area contributed by atoms with E-state index in [1.54, 1.807) is 0 Å². The second kappa shape index (κ2) is 6.21. The third kappa shape index (κ3) is 2.52. The zero-order valence-electron chi connectivity index (χ0n) is 11.4. The molecule has 3 atom stereocenters. The first-order chi connectivity index (χ1) is 8.81. The summed E-state index contributed by atoms with van der Waals surface area (Å²) in [5.41, 5.74) is 1.14. The van der Waals surface area contributed by atoms with E-state index in [9.17, 15) is 0 Å². The van der Waals surface area contributed by atoms with Gasteiger partial charge in [0.15, 0.2) is 0 Å². The zero-order valence-corrected chi connectivity index (χ0v) is 11.4. The topological polar surface area (TPSA) is 27.7 Å². The Balaban J connectivity index is 2.32. The molecule has 0 aliphatic carbocycles. The Hall–Kier alpha value is -1.06. The van der Waals surface area contributed by atoms with Crippen LogP contribution in [-0.4, -0.2) is 19.5 Å². The largest absolute Gasteiger partial charge is 0.464 e. The van der Waals surface area contributed by atoms with E-state index in [2.05, 4.69) is 13.0 Å². The average Bonchev–Trinajstić information content (AvgIpc) is 2.39. The lowest BCUT2D eigenvalue weighted by Crippen LogP contribution is -2.38. The normalized spacial score (nSPS) is 26.5. The van der Waals surface area contributed by atoms with Crippen LogP contribution in [0, 0.1) is 5.92 Å². The molecule has 0 spiro atoms. The van der Waals surface area contributed by atoms with Crippen LogP contribution in [0.2, 0.25) is 0 Å². The number of fused-ring (bicyclic) bond motifs is 1. The van der Waals surface area contributed by atoms with E-state index in [0.29, 0.717) is 13.2 Å². The summed E-state index contributed by atoms with van der Waals surface area (Å²) in [6.07, 6.45) is 0.844. The first-order valence-corrected chi connectivity index (χ1v) is 6.80.